The molecule has 0 saturated carbocycles. The average molecular weight is 857 g/mol. The summed E-state index contributed by atoms with van der Waals surface area (Å²) in [5.74, 6) is 3.61. The summed E-state index contributed by atoms with van der Waals surface area (Å²) in [5.41, 5.74) is 9.09. The van der Waals surface area contributed by atoms with Gasteiger partial charge in [0.15, 0.2) is 34.9 Å². The van der Waals surface area contributed by atoms with E-state index in [1.54, 1.807) is 0 Å². The minimum atomic E-state index is 0.570. The van der Waals surface area contributed by atoms with Gasteiger partial charge in [0, 0.05) is 49.5 Å². The van der Waals surface area contributed by atoms with Gasteiger partial charge >= 0.3 is 0 Å². The minimum absolute atomic E-state index is 0.570. The molecule has 7 heteroatoms. The van der Waals surface area contributed by atoms with E-state index in [2.05, 4.69) is 84.9 Å². The second-order valence-corrected chi connectivity index (χ2v) is 16.6. The van der Waals surface area contributed by atoms with Crippen molar-refractivity contribution in [2.75, 3.05) is 0 Å². The van der Waals surface area contributed by atoms with E-state index in [0.29, 0.717) is 34.9 Å². The molecule has 0 fully saturated rings. The zero-order chi connectivity index (χ0) is 44.3. The summed E-state index contributed by atoms with van der Waals surface area (Å²) in [6.07, 6.45) is 0. The highest BCUT2D eigenvalue weighted by Crippen LogP contribution is 2.46. The molecule has 0 N–H and O–H groups in total. The molecule has 312 valence electrons. The molecule has 0 spiro atoms. The Bertz CT molecular complexity index is 3910. The number of aromatic nitrogens is 6. The van der Waals surface area contributed by atoms with Crippen LogP contribution in [-0.4, -0.2) is 29.9 Å². The van der Waals surface area contributed by atoms with Gasteiger partial charge in [-0.05, 0) is 62.3 Å². The van der Waals surface area contributed by atoms with Crippen molar-refractivity contribution in [1.29, 1.82) is 0 Å². The molecular formula is C60H36N6O. The number of furan rings is 1. The molecule has 0 amide bonds. The summed E-state index contributed by atoms with van der Waals surface area (Å²) in [6.45, 7) is 0. The van der Waals surface area contributed by atoms with Gasteiger partial charge in [0.05, 0.1) is 0 Å². The predicted octanol–water partition coefficient (Wildman–Crippen LogP) is 15.1. The summed E-state index contributed by atoms with van der Waals surface area (Å²) in [5, 5.41) is 8.67. The first kappa shape index (κ1) is 38.3. The third-order valence-electron chi connectivity index (χ3n) is 12.6. The van der Waals surface area contributed by atoms with Crippen LogP contribution < -0.4 is 0 Å². The van der Waals surface area contributed by atoms with E-state index in [4.69, 9.17) is 34.3 Å². The molecular weight excluding hydrogens is 821 g/mol. The third-order valence-corrected chi connectivity index (χ3v) is 12.6. The normalized spacial score (nSPS) is 11.6. The zero-order valence-electron chi connectivity index (χ0n) is 35.9. The van der Waals surface area contributed by atoms with Crippen molar-refractivity contribution in [1.82, 2.24) is 29.9 Å². The Morgan fingerprint density at radius 2 is 0.612 bits per heavy atom. The third kappa shape index (κ3) is 6.60. The van der Waals surface area contributed by atoms with Gasteiger partial charge in [-0.2, -0.15) is 0 Å². The number of rotatable bonds is 7. The largest absolute Gasteiger partial charge is 0.456 e. The highest BCUT2D eigenvalue weighted by Gasteiger charge is 2.23. The maximum atomic E-state index is 6.63. The van der Waals surface area contributed by atoms with E-state index >= 15 is 0 Å². The van der Waals surface area contributed by atoms with Gasteiger partial charge in [-0.3, -0.25) is 0 Å². The maximum absolute atomic E-state index is 6.63. The van der Waals surface area contributed by atoms with Crippen LogP contribution in [0.5, 0.6) is 0 Å². The molecule has 3 aromatic heterocycles. The van der Waals surface area contributed by atoms with Crippen LogP contribution >= 0.6 is 0 Å². The fraction of sp³-hybridized carbons (Fsp3) is 0. The van der Waals surface area contributed by atoms with Crippen molar-refractivity contribution in [3.05, 3.63) is 218 Å². The summed E-state index contributed by atoms with van der Waals surface area (Å²) < 4.78 is 6.63. The lowest BCUT2D eigenvalue weighted by atomic mass is 9.86. The van der Waals surface area contributed by atoms with Crippen LogP contribution in [0.25, 0.3) is 134 Å². The van der Waals surface area contributed by atoms with E-state index in [0.717, 1.165) is 93.4 Å². The first-order valence-corrected chi connectivity index (χ1v) is 22.3. The van der Waals surface area contributed by atoms with Gasteiger partial charge in [0.1, 0.15) is 11.2 Å². The van der Waals surface area contributed by atoms with E-state index in [1.807, 2.05) is 133 Å². The zero-order valence-corrected chi connectivity index (χ0v) is 35.9. The topological polar surface area (TPSA) is 90.5 Å². The summed E-state index contributed by atoms with van der Waals surface area (Å²) in [6, 6.07) is 74.7. The van der Waals surface area contributed by atoms with Gasteiger partial charge in [0.25, 0.3) is 0 Å². The molecule has 0 unspecified atom stereocenters. The number of nitrogens with zero attached hydrogens (tertiary/aromatic N) is 6. The molecule has 0 saturated heterocycles. The van der Waals surface area contributed by atoms with Gasteiger partial charge in [-0.1, -0.05) is 194 Å². The summed E-state index contributed by atoms with van der Waals surface area (Å²) >= 11 is 0. The molecule has 0 aliphatic rings. The number of hydrogen-bond donors (Lipinski definition) is 0. The van der Waals surface area contributed by atoms with Crippen LogP contribution in [0.2, 0.25) is 0 Å². The van der Waals surface area contributed by atoms with Gasteiger partial charge in [-0.25, -0.2) is 29.9 Å². The van der Waals surface area contributed by atoms with E-state index in [-0.39, 0.29) is 0 Å². The number of fused-ring (bicyclic) bond motifs is 9. The minimum Gasteiger partial charge on any atom is -0.456 e. The molecule has 67 heavy (non-hydrogen) atoms. The van der Waals surface area contributed by atoms with Crippen LogP contribution in [0.4, 0.5) is 0 Å². The standard InChI is InChI=1S/C60H36N6O/c1-5-18-37(19-6-1)55-61-56(38-20-7-2-8-21-38)64-59(63-55)47-30-17-31-51-52(47)49-36-41(32-35-50(49)67-51)42-33-34-48(54-46-29-16-14-27-44(46)43-26-13-15-28-45(43)53(42)54)60-65-57(39-22-9-3-10-23-39)62-58(66-60)40-24-11-4-12-25-40/h1-36H. The lowest BCUT2D eigenvalue weighted by Gasteiger charge is -2.18. The van der Waals surface area contributed by atoms with Crippen molar-refractivity contribution in [2.45, 2.75) is 0 Å². The molecule has 10 aromatic carbocycles. The number of hydrogen-bond acceptors (Lipinski definition) is 7. The van der Waals surface area contributed by atoms with Crippen LogP contribution in [-0.2, 0) is 0 Å². The fourth-order valence-corrected chi connectivity index (χ4v) is 9.50. The highest BCUT2D eigenvalue weighted by molar-refractivity contribution is 6.31. The number of benzene rings is 10. The Morgan fingerprint density at radius 1 is 0.224 bits per heavy atom. The van der Waals surface area contributed by atoms with Crippen LogP contribution in [0.3, 0.4) is 0 Å². The van der Waals surface area contributed by atoms with Crippen LogP contribution in [0.15, 0.2) is 223 Å². The molecule has 7 nitrogen and oxygen atoms in total. The Morgan fingerprint density at radius 3 is 1.09 bits per heavy atom. The second kappa shape index (κ2) is 15.8. The molecule has 3 heterocycles. The summed E-state index contributed by atoms with van der Waals surface area (Å²) in [7, 11) is 0. The van der Waals surface area contributed by atoms with E-state index in [9.17, 15) is 0 Å². The molecule has 0 aliphatic carbocycles. The Labute approximate surface area is 384 Å². The Balaban J connectivity index is 1.07. The maximum Gasteiger partial charge on any atom is 0.164 e. The quantitative estimate of drug-likeness (QED) is 0.147. The van der Waals surface area contributed by atoms with Crippen molar-refractivity contribution in [3.63, 3.8) is 0 Å². The highest BCUT2D eigenvalue weighted by atomic mass is 16.3. The molecule has 0 atom stereocenters. The van der Waals surface area contributed by atoms with Crippen LogP contribution in [0, 0.1) is 0 Å². The van der Waals surface area contributed by atoms with Crippen LogP contribution in [0.1, 0.15) is 0 Å². The second-order valence-electron chi connectivity index (χ2n) is 16.6. The molecule has 0 radical (unpaired) electrons. The predicted molar refractivity (Wildman–Crippen MR) is 271 cm³/mol. The lowest BCUT2D eigenvalue weighted by Crippen LogP contribution is -2.01. The Hall–Kier alpha value is -9.20. The molecule has 0 bridgehead atoms. The van der Waals surface area contributed by atoms with Gasteiger partial charge in [0.2, 0.25) is 0 Å². The van der Waals surface area contributed by atoms with Crippen molar-refractivity contribution < 1.29 is 4.42 Å². The monoisotopic (exact) mass is 856 g/mol. The molecule has 13 aromatic rings. The molecule has 13 rings (SSSR count). The van der Waals surface area contributed by atoms with Crippen molar-refractivity contribution >= 4 is 54.3 Å². The SMILES string of the molecule is c1ccc(-c2nc(-c3ccccc3)nc(-c3cccc4oc5ccc(-c6ccc(-c7nc(-c8ccccc8)nc(-c8ccccc8)n7)c7c8ccccc8c8ccccc8c67)cc5c34)n2)cc1. The fourth-order valence-electron chi connectivity index (χ4n) is 9.50. The first-order chi connectivity index (χ1) is 33.2. The average Bonchev–Trinajstić information content (AvgIpc) is 3.80. The van der Waals surface area contributed by atoms with Crippen molar-refractivity contribution in [2.24, 2.45) is 0 Å². The van der Waals surface area contributed by atoms with Gasteiger partial charge in [-0.15, -0.1) is 0 Å². The van der Waals surface area contributed by atoms with Crippen molar-refractivity contribution in [3.8, 4) is 79.5 Å². The Kier molecular flexibility index (Phi) is 9.03. The van der Waals surface area contributed by atoms with Gasteiger partial charge < -0.3 is 4.42 Å². The van der Waals surface area contributed by atoms with E-state index < -0.39 is 0 Å². The van der Waals surface area contributed by atoms with E-state index in [1.165, 1.54) is 5.39 Å². The molecule has 0 aliphatic heterocycles. The smallest absolute Gasteiger partial charge is 0.164 e. The first-order valence-electron chi connectivity index (χ1n) is 22.3. The summed E-state index contributed by atoms with van der Waals surface area (Å²) in [4.78, 5) is 30.8. The lowest BCUT2D eigenvalue weighted by molar-refractivity contribution is 0.669.